The molecule has 0 aliphatic rings. The lowest BCUT2D eigenvalue weighted by molar-refractivity contribution is -0.432. The Morgan fingerprint density at radius 1 is 0.818 bits per heavy atom. The highest BCUT2D eigenvalue weighted by Crippen LogP contribution is 2.46. The van der Waals surface area contributed by atoms with E-state index in [4.69, 9.17) is 11.0 Å². The van der Waals surface area contributed by atoms with E-state index in [1.807, 2.05) is 0 Å². The highest BCUT2D eigenvalue weighted by molar-refractivity contribution is 7.94. The van der Waals surface area contributed by atoms with Crippen LogP contribution in [0.15, 0.2) is 108 Å². The van der Waals surface area contributed by atoms with E-state index >= 15 is 0 Å². The number of nitrogens with zero attached hydrogens (tertiary/aromatic N) is 5. The lowest BCUT2D eigenvalue weighted by Gasteiger charge is -2.11. The molecule has 4 aromatic carbocycles. The van der Waals surface area contributed by atoms with Crippen LogP contribution in [0.1, 0.15) is 0 Å². The first-order valence-corrected chi connectivity index (χ1v) is 15.5. The van der Waals surface area contributed by atoms with Gasteiger partial charge in [-0.15, -0.1) is 24.8 Å². The second-order valence-electron chi connectivity index (χ2n) is 8.78. The Bertz CT molecular complexity index is 2200. The Hall–Kier alpha value is -4.60. The lowest BCUT2D eigenvalue weighted by atomic mass is 10.1. The number of anilines is 1. The fourth-order valence-electron chi connectivity index (χ4n) is 4.09. The SMILES string of the molecule is Nc1cc2c(O)c(N=Nc3ccc(N=Nc4cccnc4)c4ccc(S(=O)(=O)O)cc34)c(SOOO)cc2cc1S(=O)(=O)O. The van der Waals surface area contributed by atoms with Gasteiger partial charge in [-0.25, -0.2) is 5.26 Å². The van der Waals surface area contributed by atoms with E-state index in [-0.39, 0.29) is 38.1 Å². The van der Waals surface area contributed by atoms with E-state index < -0.39 is 35.8 Å². The van der Waals surface area contributed by atoms with Gasteiger partial charge in [0.2, 0.25) is 0 Å². The summed E-state index contributed by atoms with van der Waals surface area (Å²) in [5.74, 6) is -0.548. The third-order valence-corrected chi connectivity index (χ3v) is 8.41. The van der Waals surface area contributed by atoms with Gasteiger partial charge < -0.3 is 10.8 Å². The third-order valence-electron chi connectivity index (χ3n) is 6.03. The minimum Gasteiger partial charge on any atom is -0.505 e. The van der Waals surface area contributed by atoms with Gasteiger partial charge in [-0.2, -0.15) is 16.8 Å². The van der Waals surface area contributed by atoms with Crippen LogP contribution in [0.3, 0.4) is 0 Å². The molecule has 0 bridgehead atoms. The second kappa shape index (κ2) is 12.2. The molecule has 16 nitrogen and oxygen atoms in total. The van der Waals surface area contributed by atoms with E-state index in [2.05, 4.69) is 34.8 Å². The molecule has 0 saturated carbocycles. The number of azo groups is 2. The average molecular weight is 659 g/mol. The van der Waals surface area contributed by atoms with Gasteiger partial charge in [0.25, 0.3) is 20.2 Å². The van der Waals surface area contributed by atoms with Gasteiger partial charge in [0.15, 0.2) is 5.75 Å². The van der Waals surface area contributed by atoms with Gasteiger partial charge in [0, 0.05) is 22.4 Å². The summed E-state index contributed by atoms with van der Waals surface area (Å²) in [5.41, 5.74) is 6.00. The number of benzene rings is 4. The molecule has 0 fully saturated rings. The van der Waals surface area contributed by atoms with E-state index in [0.717, 1.165) is 18.2 Å². The highest BCUT2D eigenvalue weighted by Gasteiger charge is 2.21. The number of hydrogen-bond acceptors (Lipinski definition) is 15. The average Bonchev–Trinajstić information content (AvgIpc) is 2.98. The molecular formula is C25H18N6O10S3. The van der Waals surface area contributed by atoms with E-state index in [1.54, 1.807) is 18.3 Å². The number of aromatic hydroxyl groups is 1. The molecule has 0 aliphatic heterocycles. The van der Waals surface area contributed by atoms with Gasteiger partial charge in [0.1, 0.15) is 16.3 Å². The number of pyridine rings is 1. The fraction of sp³-hybridized carbons (Fsp3) is 0. The van der Waals surface area contributed by atoms with Crippen molar-refractivity contribution in [1.82, 2.24) is 4.98 Å². The van der Waals surface area contributed by atoms with Crippen molar-refractivity contribution in [3.8, 4) is 5.75 Å². The maximum absolute atomic E-state index is 11.9. The van der Waals surface area contributed by atoms with Crippen molar-refractivity contribution in [2.75, 3.05) is 5.73 Å². The normalized spacial score (nSPS) is 12.6. The first-order chi connectivity index (χ1) is 20.9. The highest BCUT2D eigenvalue weighted by atomic mass is 32.2. The number of rotatable bonds is 9. The van der Waals surface area contributed by atoms with Crippen LogP contribution in [0.2, 0.25) is 0 Å². The molecule has 0 spiro atoms. The summed E-state index contributed by atoms with van der Waals surface area (Å²) in [6.45, 7) is 0. The lowest BCUT2D eigenvalue weighted by Crippen LogP contribution is -2.03. The zero-order chi connectivity index (χ0) is 31.6. The van der Waals surface area contributed by atoms with Gasteiger partial charge in [-0.1, -0.05) is 11.1 Å². The van der Waals surface area contributed by atoms with Crippen molar-refractivity contribution in [2.24, 2.45) is 20.5 Å². The van der Waals surface area contributed by atoms with Crippen molar-refractivity contribution in [2.45, 2.75) is 14.7 Å². The van der Waals surface area contributed by atoms with E-state index in [1.165, 1.54) is 36.5 Å². The standard InChI is InChI=1S/C25H18N6O10S3/c26-19-11-17-13(9-23(19)44(37,38)39)8-22(42-41-40-33)24(25(17)32)31-30-21-6-5-20(29-28-14-2-1-7-27-12-14)16-4-3-15(10-18(16)21)43(34,35)36/h1-12,32-33H,26H2,(H,34,35,36)(H,37,38,39). The minimum absolute atomic E-state index is 0.0165. The van der Waals surface area contributed by atoms with Crippen molar-refractivity contribution in [3.05, 3.63) is 73.1 Å². The molecule has 0 atom stereocenters. The first kappa shape index (κ1) is 30.8. The molecular weight excluding hydrogens is 641 g/mol. The smallest absolute Gasteiger partial charge is 0.296 e. The minimum atomic E-state index is -4.71. The van der Waals surface area contributed by atoms with Crippen LogP contribution in [0, 0.1) is 0 Å². The van der Waals surface area contributed by atoms with Gasteiger partial charge in [-0.05, 0) is 60.0 Å². The summed E-state index contributed by atoms with van der Waals surface area (Å²) in [5, 5.41) is 40.6. The van der Waals surface area contributed by atoms with Gasteiger partial charge in [-0.3, -0.25) is 14.1 Å². The number of phenols is 1. The van der Waals surface area contributed by atoms with Crippen LogP contribution < -0.4 is 5.73 Å². The fourth-order valence-corrected chi connectivity index (χ4v) is 5.72. The maximum atomic E-state index is 11.9. The Balaban J connectivity index is 1.68. The summed E-state index contributed by atoms with van der Waals surface area (Å²) in [7, 11) is -9.33. The van der Waals surface area contributed by atoms with Crippen LogP contribution in [-0.2, 0) is 29.6 Å². The van der Waals surface area contributed by atoms with Crippen LogP contribution >= 0.6 is 12.0 Å². The van der Waals surface area contributed by atoms with Crippen LogP contribution in [0.5, 0.6) is 5.75 Å². The molecule has 0 amide bonds. The van der Waals surface area contributed by atoms with Gasteiger partial charge >= 0.3 is 0 Å². The quantitative estimate of drug-likeness (QED) is 0.0286. The van der Waals surface area contributed by atoms with Crippen LogP contribution in [-0.4, -0.2) is 41.3 Å². The number of nitrogen functional groups attached to an aromatic ring is 1. The third kappa shape index (κ3) is 6.49. The Morgan fingerprint density at radius 3 is 2.20 bits per heavy atom. The molecule has 5 rings (SSSR count). The summed E-state index contributed by atoms with van der Waals surface area (Å²) in [4.78, 5) is 2.87. The summed E-state index contributed by atoms with van der Waals surface area (Å²) in [6.07, 6.45) is 3.05. The van der Waals surface area contributed by atoms with Crippen molar-refractivity contribution in [1.29, 1.82) is 0 Å². The monoisotopic (exact) mass is 658 g/mol. The largest absolute Gasteiger partial charge is 0.505 e. The molecule has 5 aromatic rings. The molecule has 1 aromatic heterocycles. The number of hydrogen-bond donors (Lipinski definition) is 5. The predicted octanol–water partition coefficient (Wildman–Crippen LogP) is 6.43. The van der Waals surface area contributed by atoms with Crippen molar-refractivity contribution in [3.63, 3.8) is 0 Å². The summed E-state index contributed by atoms with van der Waals surface area (Å²) < 4.78 is 70.9. The zero-order valence-electron chi connectivity index (χ0n) is 21.7. The Labute approximate surface area is 252 Å². The summed E-state index contributed by atoms with van der Waals surface area (Å²) in [6, 6.07) is 13.4. The first-order valence-electron chi connectivity index (χ1n) is 11.9. The zero-order valence-corrected chi connectivity index (χ0v) is 24.2. The van der Waals surface area contributed by atoms with E-state index in [9.17, 15) is 31.0 Å². The van der Waals surface area contributed by atoms with Crippen molar-refractivity contribution < 1.29 is 45.7 Å². The number of phenolic OH excluding ortho intramolecular Hbond substituents is 1. The molecule has 19 heteroatoms. The molecule has 0 saturated heterocycles. The number of aromatic nitrogens is 1. The van der Waals surface area contributed by atoms with E-state index in [0.29, 0.717) is 28.8 Å². The molecule has 1 heterocycles. The Kier molecular flexibility index (Phi) is 8.54. The van der Waals surface area contributed by atoms with Crippen LogP contribution in [0.4, 0.5) is 28.4 Å². The second-order valence-corrected chi connectivity index (χ2v) is 12.3. The molecule has 0 unspecified atom stereocenters. The predicted molar refractivity (Wildman–Crippen MR) is 157 cm³/mol. The number of fused-ring (bicyclic) bond motifs is 2. The molecule has 44 heavy (non-hydrogen) atoms. The van der Waals surface area contributed by atoms with Gasteiger partial charge in [0.05, 0.1) is 45.1 Å². The van der Waals surface area contributed by atoms with Crippen LogP contribution in [0.25, 0.3) is 21.5 Å². The topological polar surface area (TPSA) is 256 Å². The summed E-state index contributed by atoms with van der Waals surface area (Å²) >= 11 is 0.371. The molecule has 6 N–H and O–H groups in total. The maximum Gasteiger partial charge on any atom is 0.296 e. The molecule has 0 aliphatic carbocycles. The molecule has 0 radical (unpaired) electrons. The Morgan fingerprint density at radius 2 is 1.55 bits per heavy atom. The number of nitrogens with two attached hydrogens (primary N) is 1. The van der Waals surface area contributed by atoms with Crippen molar-refractivity contribution >= 4 is 82.3 Å². The molecule has 226 valence electrons.